The first-order valence-corrected chi connectivity index (χ1v) is 6.90. The summed E-state index contributed by atoms with van der Waals surface area (Å²) >= 11 is 0. The molecular formula is C13H25N3O. The molecule has 1 amide bonds. The summed E-state index contributed by atoms with van der Waals surface area (Å²) in [7, 11) is 1.97. The van der Waals surface area contributed by atoms with Crippen molar-refractivity contribution in [2.24, 2.45) is 5.73 Å². The van der Waals surface area contributed by atoms with Gasteiger partial charge in [-0.2, -0.15) is 0 Å². The van der Waals surface area contributed by atoms with E-state index in [0.29, 0.717) is 12.6 Å². The molecule has 0 bridgehead atoms. The largest absolute Gasteiger partial charge is 0.342 e. The van der Waals surface area contributed by atoms with Gasteiger partial charge in [-0.15, -0.1) is 0 Å². The van der Waals surface area contributed by atoms with Crippen LogP contribution in [-0.2, 0) is 4.79 Å². The Morgan fingerprint density at radius 1 is 1.29 bits per heavy atom. The molecule has 4 heteroatoms. The summed E-state index contributed by atoms with van der Waals surface area (Å²) in [6.07, 6.45) is 7.27. The Kier molecular flexibility index (Phi) is 4.40. The summed E-state index contributed by atoms with van der Waals surface area (Å²) in [5.74, 6) is 0.269. The standard InChI is InChI=1S/C13H25N3O/c1-15(12-5-3-2-4-6-12)13(17)10-16-8-7-11(14)9-16/h11-12H,2-10,14H2,1H3. The van der Waals surface area contributed by atoms with Crippen LogP contribution in [0.5, 0.6) is 0 Å². The highest BCUT2D eigenvalue weighted by Gasteiger charge is 2.26. The van der Waals surface area contributed by atoms with Crippen molar-refractivity contribution in [3.63, 3.8) is 0 Å². The van der Waals surface area contributed by atoms with Crippen LogP contribution in [0.2, 0.25) is 0 Å². The number of hydrogen-bond donors (Lipinski definition) is 1. The molecule has 1 aliphatic heterocycles. The second-order valence-corrected chi connectivity index (χ2v) is 5.58. The first-order chi connectivity index (χ1) is 8.16. The zero-order valence-electron chi connectivity index (χ0n) is 10.9. The number of carbonyl (C=O) groups excluding carboxylic acids is 1. The van der Waals surface area contributed by atoms with Gasteiger partial charge in [0.05, 0.1) is 6.54 Å². The summed E-state index contributed by atoms with van der Waals surface area (Å²) in [6, 6.07) is 0.746. The lowest BCUT2D eigenvalue weighted by Gasteiger charge is -2.32. The molecule has 0 radical (unpaired) electrons. The molecule has 1 aliphatic carbocycles. The molecule has 2 fully saturated rings. The maximum absolute atomic E-state index is 12.1. The Bertz CT molecular complexity index is 263. The van der Waals surface area contributed by atoms with Crippen molar-refractivity contribution >= 4 is 5.91 Å². The lowest BCUT2D eigenvalue weighted by atomic mass is 9.94. The smallest absolute Gasteiger partial charge is 0.236 e. The van der Waals surface area contributed by atoms with Crippen molar-refractivity contribution in [2.75, 3.05) is 26.7 Å². The Hall–Kier alpha value is -0.610. The number of likely N-dealkylation sites (N-methyl/N-ethyl adjacent to an activating group) is 1. The fourth-order valence-electron chi connectivity index (χ4n) is 2.98. The van der Waals surface area contributed by atoms with Gasteiger partial charge < -0.3 is 10.6 Å². The molecule has 98 valence electrons. The van der Waals surface area contributed by atoms with E-state index in [9.17, 15) is 4.79 Å². The number of nitrogens with two attached hydrogens (primary N) is 1. The van der Waals surface area contributed by atoms with Gasteiger partial charge in [0.15, 0.2) is 0 Å². The van der Waals surface area contributed by atoms with Crippen LogP contribution in [0.1, 0.15) is 38.5 Å². The first-order valence-electron chi connectivity index (χ1n) is 6.90. The SMILES string of the molecule is CN(C(=O)CN1CCC(N)C1)C1CCCCC1. The fourth-order valence-corrected chi connectivity index (χ4v) is 2.98. The van der Waals surface area contributed by atoms with Gasteiger partial charge in [0.2, 0.25) is 5.91 Å². The summed E-state index contributed by atoms with van der Waals surface area (Å²) < 4.78 is 0. The second kappa shape index (κ2) is 5.83. The quantitative estimate of drug-likeness (QED) is 0.793. The third-order valence-corrected chi connectivity index (χ3v) is 4.18. The third-order valence-electron chi connectivity index (χ3n) is 4.18. The number of carbonyl (C=O) groups is 1. The van der Waals surface area contributed by atoms with Gasteiger partial charge in [-0.1, -0.05) is 19.3 Å². The summed E-state index contributed by atoms with van der Waals surface area (Å²) in [4.78, 5) is 16.3. The van der Waals surface area contributed by atoms with E-state index in [1.807, 2.05) is 11.9 Å². The normalized spacial score (nSPS) is 27.3. The molecule has 0 spiro atoms. The van der Waals surface area contributed by atoms with Crippen LogP contribution in [0.4, 0.5) is 0 Å². The monoisotopic (exact) mass is 239 g/mol. The fraction of sp³-hybridized carbons (Fsp3) is 0.923. The predicted molar refractivity (Wildman–Crippen MR) is 68.7 cm³/mol. The van der Waals surface area contributed by atoms with E-state index in [1.54, 1.807) is 0 Å². The lowest BCUT2D eigenvalue weighted by molar-refractivity contribution is -0.133. The van der Waals surface area contributed by atoms with Crippen molar-refractivity contribution in [3.05, 3.63) is 0 Å². The Morgan fingerprint density at radius 2 is 2.00 bits per heavy atom. The molecule has 1 saturated heterocycles. The topological polar surface area (TPSA) is 49.6 Å². The second-order valence-electron chi connectivity index (χ2n) is 5.58. The van der Waals surface area contributed by atoms with Crippen LogP contribution in [-0.4, -0.2) is 54.5 Å². The lowest BCUT2D eigenvalue weighted by Crippen LogP contribution is -2.44. The molecule has 0 aromatic carbocycles. The average Bonchev–Trinajstić information content (AvgIpc) is 2.75. The van der Waals surface area contributed by atoms with Gasteiger partial charge >= 0.3 is 0 Å². The van der Waals surface area contributed by atoms with Crippen molar-refractivity contribution in [1.29, 1.82) is 0 Å². The van der Waals surface area contributed by atoms with Crippen molar-refractivity contribution in [1.82, 2.24) is 9.80 Å². The minimum atomic E-state index is 0.266. The number of amides is 1. The van der Waals surface area contributed by atoms with E-state index in [4.69, 9.17) is 5.73 Å². The summed E-state index contributed by atoms with van der Waals surface area (Å²) in [5.41, 5.74) is 5.85. The Labute approximate surface area is 104 Å². The molecule has 2 N–H and O–H groups in total. The minimum absolute atomic E-state index is 0.266. The van der Waals surface area contributed by atoms with E-state index in [-0.39, 0.29) is 11.9 Å². The number of nitrogens with zero attached hydrogens (tertiary/aromatic N) is 2. The van der Waals surface area contributed by atoms with Gasteiger partial charge in [-0.05, 0) is 19.3 Å². The Morgan fingerprint density at radius 3 is 2.59 bits per heavy atom. The zero-order valence-corrected chi connectivity index (χ0v) is 10.9. The van der Waals surface area contributed by atoms with E-state index < -0.39 is 0 Å². The van der Waals surface area contributed by atoms with Gasteiger partial charge in [0.1, 0.15) is 0 Å². The zero-order chi connectivity index (χ0) is 12.3. The highest BCUT2D eigenvalue weighted by atomic mass is 16.2. The van der Waals surface area contributed by atoms with E-state index in [2.05, 4.69) is 4.90 Å². The molecule has 1 unspecified atom stereocenters. The molecule has 2 rings (SSSR count). The van der Waals surface area contributed by atoms with Gasteiger partial charge in [-0.25, -0.2) is 0 Å². The molecule has 4 nitrogen and oxygen atoms in total. The average molecular weight is 239 g/mol. The van der Waals surface area contributed by atoms with Crippen LogP contribution in [0.15, 0.2) is 0 Å². The molecule has 0 aromatic heterocycles. The van der Waals surface area contributed by atoms with Crippen LogP contribution in [0, 0.1) is 0 Å². The summed E-state index contributed by atoms with van der Waals surface area (Å²) in [6.45, 7) is 2.41. The third kappa shape index (κ3) is 3.42. The molecule has 2 aliphatic rings. The molecule has 0 aromatic rings. The molecule has 1 heterocycles. The molecule has 1 saturated carbocycles. The van der Waals surface area contributed by atoms with Crippen LogP contribution < -0.4 is 5.73 Å². The van der Waals surface area contributed by atoms with Crippen LogP contribution in [0.3, 0.4) is 0 Å². The van der Waals surface area contributed by atoms with E-state index in [1.165, 1.54) is 32.1 Å². The van der Waals surface area contributed by atoms with Crippen molar-refractivity contribution < 1.29 is 4.79 Å². The number of rotatable bonds is 3. The van der Waals surface area contributed by atoms with E-state index in [0.717, 1.165) is 19.5 Å². The molecule has 1 atom stereocenters. The highest BCUT2D eigenvalue weighted by molar-refractivity contribution is 5.78. The van der Waals surface area contributed by atoms with Gasteiger partial charge in [0, 0.05) is 32.2 Å². The maximum Gasteiger partial charge on any atom is 0.236 e. The molecule has 17 heavy (non-hydrogen) atoms. The van der Waals surface area contributed by atoms with Crippen molar-refractivity contribution in [2.45, 2.75) is 50.6 Å². The van der Waals surface area contributed by atoms with E-state index >= 15 is 0 Å². The predicted octanol–water partition coefficient (Wildman–Crippen LogP) is 0.811. The van der Waals surface area contributed by atoms with Gasteiger partial charge in [-0.3, -0.25) is 9.69 Å². The van der Waals surface area contributed by atoms with Gasteiger partial charge in [0.25, 0.3) is 0 Å². The summed E-state index contributed by atoms with van der Waals surface area (Å²) in [5, 5.41) is 0. The number of likely N-dealkylation sites (tertiary alicyclic amines) is 1. The van der Waals surface area contributed by atoms with Crippen LogP contribution >= 0.6 is 0 Å². The maximum atomic E-state index is 12.1. The van der Waals surface area contributed by atoms with Crippen molar-refractivity contribution in [3.8, 4) is 0 Å². The minimum Gasteiger partial charge on any atom is -0.342 e. The highest BCUT2D eigenvalue weighted by Crippen LogP contribution is 2.21. The number of hydrogen-bond acceptors (Lipinski definition) is 3. The Balaban J connectivity index is 1.78. The first kappa shape index (κ1) is 12.8. The van der Waals surface area contributed by atoms with Crippen LogP contribution in [0.25, 0.3) is 0 Å². The molecular weight excluding hydrogens is 214 g/mol.